The molecular formula is C26H21NO4. The fourth-order valence-corrected chi connectivity index (χ4v) is 4.17. The van der Waals surface area contributed by atoms with E-state index in [1.54, 1.807) is 4.90 Å². The normalized spacial score (nSPS) is 12.7. The Morgan fingerprint density at radius 3 is 2.65 bits per heavy atom. The highest BCUT2D eigenvalue weighted by atomic mass is 16.5. The van der Waals surface area contributed by atoms with Gasteiger partial charge < -0.3 is 14.1 Å². The van der Waals surface area contributed by atoms with Crippen LogP contribution in [0.2, 0.25) is 0 Å². The molecule has 2 heterocycles. The molecule has 1 amide bonds. The number of carbonyl (C=O) groups is 1. The number of nitrogens with zero attached hydrogens (tertiary/aromatic N) is 1. The average molecular weight is 411 g/mol. The van der Waals surface area contributed by atoms with Crippen LogP contribution < -0.4 is 15.3 Å². The van der Waals surface area contributed by atoms with E-state index in [2.05, 4.69) is 0 Å². The van der Waals surface area contributed by atoms with Crippen LogP contribution in [0.25, 0.3) is 22.1 Å². The average Bonchev–Trinajstić information content (AvgIpc) is 3.21. The molecule has 0 spiro atoms. The molecule has 1 aliphatic heterocycles. The number of benzene rings is 3. The Balaban J connectivity index is 1.52. The van der Waals surface area contributed by atoms with E-state index in [1.807, 2.05) is 73.7 Å². The minimum Gasteiger partial charge on any atom is -0.483 e. The zero-order chi connectivity index (χ0) is 21.4. The molecule has 0 aliphatic carbocycles. The largest absolute Gasteiger partial charge is 0.483 e. The Bertz CT molecular complexity index is 1340. The molecule has 1 aliphatic rings. The van der Waals surface area contributed by atoms with Gasteiger partial charge in [0.05, 0.1) is 5.39 Å². The zero-order valence-electron chi connectivity index (χ0n) is 17.1. The number of amides is 1. The second kappa shape index (κ2) is 7.76. The molecule has 5 nitrogen and oxygen atoms in total. The van der Waals surface area contributed by atoms with Crippen molar-refractivity contribution in [2.75, 3.05) is 18.1 Å². The van der Waals surface area contributed by atoms with E-state index >= 15 is 0 Å². The van der Waals surface area contributed by atoms with E-state index in [1.165, 1.54) is 11.6 Å². The summed E-state index contributed by atoms with van der Waals surface area (Å²) in [5, 5.41) is 0.686. The molecule has 0 unspecified atom stereocenters. The minimum absolute atomic E-state index is 0.0970. The smallest absolute Gasteiger partial charge is 0.336 e. The monoisotopic (exact) mass is 411 g/mol. The highest BCUT2D eigenvalue weighted by Crippen LogP contribution is 2.35. The summed E-state index contributed by atoms with van der Waals surface area (Å²) in [4.78, 5) is 26.9. The highest BCUT2D eigenvalue weighted by molar-refractivity contribution is 5.99. The number of fused-ring (bicyclic) bond motifs is 2. The topological polar surface area (TPSA) is 59.8 Å². The summed E-state index contributed by atoms with van der Waals surface area (Å²) in [7, 11) is 0. The molecule has 3 aromatic carbocycles. The number of carbonyl (C=O) groups excluding carboxylic acids is 1. The molecule has 154 valence electrons. The van der Waals surface area contributed by atoms with Crippen LogP contribution in [0.15, 0.2) is 82.0 Å². The predicted octanol–water partition coefficient (Wildman–Crippen LogP) is 4.74. The van der Waals surface area contributed by atoms with E-state index < -0.39 is 5.63 Å². The van der Waals surface area contributed by atoms with Crippen LogP contribution in [0, 0.1) is 6.92 Å². The van der Waals surface area contributed by atoms with Crippen molar-refractivity contribution >= 4 is 22.6 Å². The lowest BCUT2D eigenvalue weighted by Gasteiger charge is -2.18. The van der Waals surface area contributed by atoms with Crippen LogP contribution in [0.1, 0.15) is 11.1 Å². The van der Waals surface area contributed by atoms with Gasteiger partial charge in [-0.3, -0.25) is 4.79 Å². The third-order valence-corrected chi connectivity index (χ3v) is 5.58. The van der Waals surface area contributed by atoms with Crippen LogP contribution >= 0.6 is 0 Å². The quantitative estimate of drug-likeness (QED) is 0.455. The van der Waals surface area contributed by atoms with Crippen LogP contribution in [-0.2, 0) is 11.2 Å². The van der Waals surface area contributed by atoms with Gasteiger partial charge in [-0.2, -0.15) is 0 Å². The number of ether oxygens (including phenoxy) is 1. The van der Waals surface area contributed by atoms with Crippen molar-refractivity contribution in [3.63, 3.8) is 0 Å². The van der Waals surface area contributed by atoms with E-state index in [9.17, 15) is 9.59 Å². The van der Waals surface area contributed by atoms with Crippen molar-refractivity contribution in [3.05, 3.63) is 94.3 Å². The molecular weight excluding hydrogens is 390 g/mol. The second-order valence-corrected chi connectivity index (χ2v) is 7.69. The van der Waals surface area contributed by atoms with E-state index in [0.29, 0.717) is 23.3 Å². The zero-order valence-corrected chi connectivity index (χ0v) is 17.1. The molecule has 0 saturated carbocycles. The first-order chi connectivity index (χ1) is 15.1. The molecule has 1 aromatic heterocycles. The first kappa shape index (κ1) is 19.1. The Hall–Kier alpha value is -3.86. The molecule has 0 bridgehead atoms. The first-order valence-corrected chi connectivity index (χ1v) is 10.2. The van der Waals surface area contributed by atoms with Gasteiger partial charge >= 0.3 is 5.63 Å². The summed E-state index contributed by atoms with van der Waals surface area (Å²) < 4.78 is 11.5. The van der Waals surface area contributed by atoms with Gasteiger partial charge in [0.2, 0.25) is 0 Å². The SMILES string of the molecule is Cc1cc(OCC(=O)N2CCc3ccccc32)c2c(-c3ccccc3)cc(=O)oc2c1. The molecule has 0 radical (unpaired) electrons. The lowest BCUT2D eigenvalue weighted by atomic mass is 10.0. The third-order valence-electron chi connectivity index (χ3n) is 5.58. The maximum Gasteiger partial charge on any atom is 0.336 e. The summed E-state index contributed by atoms with van der Waals surface area (Å²) in [5.74, 6) is 0.427. The summed E-state index contributed by atoms with van der Waals surface area (Å²) in [6, 6.07) is 22.7. The molecule has 0 fully saturated rings. The molecule has 31 heavy (non-hydrogen) atoms. The van der Waals surface area contributed by atoms with Crippen molar-refractivity contribution < 1.29 is 13.9 Å². The lowest BCUT2D eigenvalue weighted by Crippen LogP contribution is -2.33. The van der Waals surface area contributed by atoms with Gasteiger partial charge in [-0.15, -0.1) is 0 Å². The van der Waals surface area contributed by atoms with Gasteiger partial charge in [0.25, 0.3) is 5.91 Å². The Kier molecular flexibility index (Phi) is 4.79. The van der Waals surface area contributed by atoms with Gasteiger partial charge in [0.15, 0.2) is 6.61 Å². The Morgan fingerprint density at radius 2 is 1.81 bits per heavy atom. The third kappa shape index (κ3) is 3.59. The van der Waals surface area contributed by atoms with Crippen LogP contribution in [-0.4, -0.2) is 19.1 Å². The molecule has 5 heteroatoms. The van der Waals surface area contributed by atoms with Crippen LogP contribution in [0.4, 0.5) is 5.69 Å². The Labute approximate surface area is 179 Å². The molecule has 0 N–H and O–H groups in total. The minimum atomic E-state index is -0.423. The van der Waals surface area contributed by atoms with Crippen molar-refractivity contribution in [2.24, 2.45) is 0 Å². The van der Waals surface area contributed by atoms with Crippen molar-refractivity contribution in [1.29, 1.82) is 0 Å². The molecule has 5 rings (SSSR count). The fraction of sp³-hybridized carbons (Fsp3) is 0.154. The molecule has 4 aromatic rings. The summed E-state index contributed by atoms with van der Waals surface area (Å²) in [6.07, 6.45) is 0.846. The van der Waals surface area contributed by atoms with Gasteiger partial charge in [-0.1, -0.05) is 48.5 Å². The van der Waals surface area contributed by atoms with E-state index in [4.69, 9.17) is 9.15 Å². The number of aryl methyl sites for hydroxylation is 1. The van der Waals surface area contributed by atoms with Gasteiger partial charge in [-0.05, 0) is 48.2 Å². The summed E-state index contributed by atoms with van der Waals surface area (Å²) in [5.41, 5.74) is 4.63. The lowest BCUT2D eigenvalue weighted by molar-refractivity contribution is -0.120. The summed E-state index contributed by atoms with van der Waals surface area (Å²) in [6.45, 7) is 2.46. The number of hydrogen-bond acceptors (Lipinski definition) is 4. The maximum absolute atomic E-state index is 12.9. The number of hydrogen-bond donors (Lipinski definition) is 0. The first-order valence-electron chi connectivity index (χ1n) is 10.2. The Morgan fingerprint density at radius 1 is 1.03 bits per heavy atom. The van der Waals surface area contributed by atoms with Gasteiger partial charge in [-0.25, -0.2) is 4.79 Å². The van der Waals surface area contributed by atoms with Crippen LogP contribution in [0.5, 0.6) is 5.75 Å². The van der Waals surface area contributed by atoms with Gasteiger partial charge in [0, 0.05) is 23.9 Å². The second-order valence-electron chi connectivity index (χ2n) is 7.69. The van der Waals surface area contributed by atoms with E-state index in [-0.39, 0.29) is 12.5 Å². The van der Waals surface area contributed by atoms with Gasteiger partial charge in [0.1, 0.15) is 11.3 Å². The van der Waals surface area contributed by atoms with Crippen LogP contribution in [0.3, 0.4) is 0 Å². The predicted molar refractivity (Wildman–Crippen MR) is 121 cm³/mol. The van der Waals surface area contributed by atoms with Crippen molar-refractivity contribution in [1.82, 2.24) is 0 Å². The standard InChI is InChI=1S/C26H21NO4/c1-17-13-22(30-16-24(28)27-12-11-19-9-5-6-10-21(19)27)26-20(18-7-3-2-4-8-18)15-25(29)31-23(26)14-17/h2-10,13-15H,11-12,16H2,1H3. The fourth-order valence-electron chi connectivity index (χ4n) is 4.17. The highest BCUT2D eigenvalue weighted by Gasteiger charge is 2.25. The summed E-state index contributed by atoms with van der Waals surface area (Å²) >= 11 is 0. The van der Waals surface area contributed by atoms with Crippen molar-refractivity contribution in [2.45, 2.75) is 13.3 Å². The number of rotatable bonds is 4. The van der Waals surface area contributed by atoms with E-state index in [0.717, 1.165) is 28.8 Å². The number of para-hydroxylation sites is 1. The van der Waals surface area contributed by atoms with Crippen molar-refractivity contribution in [3.8, 4) is 16.9 Å². The maximum atomic E-state index is 12.9. The number of anilines is 1. The molecule has 0 atom stereocenters. The molecule has 0 saturated heterocycles.